The molecular formula is C30H38F2N2O6. The van der Waals surface area contributed by atoms with E-state index in [1.54, 1.807) is 25.7 Å². The summed E-state index contributed by atoms with van der Waals surface area (Å²) < 4.78 is 37.6. The summed E-state index contributed by atoms with van der Waals surface area (Å²) in [7, 11) is 0. The fourth-order valence-corrected chi connectivity index (χ4v) is 4.65. The van der Waals surface area contributed by atoms with Gasteiger partial charge in [-0.05, 0) is 106 Å². The summed E-state index contributed by atoms with van der Waals surface area (Å²) in [4.78, 5) is 38.1. The quantitative estimate of drug-likeness (QED) is 0.485. The lowest BCUT2D eigenvalue weighted by molar-refractivity contribution is 0.0213. The number of aliphatic hydroxyl groups excluding tert-OH is 1. The summed E-state index contributed by atoms with van der Waals surface area (Å²) in [6.07, 6.45) is 0.983. The zero-order valence-electron chi connectivity index (χ0n) is 24.0. The number of halogens is 2. The van der Waals surface area contributed by atoms with Crippen LogP contribution in [0.25, 0.3) is 0 Å². The molecule has 2 aromatic rings. The van der Waals surface area contributed by atoms with Crippen LogP contribution in [0.1, 0.15) is 79.7 Å². The minimum Gasteiger partial charge on any atom is -0.444 e. The first-order valence-electron chi connectivity index (χ1n) is 13.2. The number of aliphatic hydroxyl groups is 1. The molecule has 2 amide bonds. The molecule has 2 aliphatic heterocycles. The van der Waals surface area contributed by atoms with Crippen LogP contribution in [-0.4, -0.2) is 57.7 Å². The molecule has 218 valence electrons. The van der Waals surface area contributed by atoms with Gasteiger partial charge in [-0.15, -0.1) is 0 Å². The Morgan fingerprint density at radius 2 is 1.27 bits per heavy atom. The van der Waals surface area contributed by atoms with Gasteiger partial charge >= 0.3 is 12.2 Å². The van der Waals surface area contributed by atoms with Crippen LogP contribution in [0.4, 0.5) is 18.4 Å². The van der Waals surface area contributed by atoms with Gasteiger partial charge in [-0.2, -0.15) is 0 Å². The smallest absolute Gasteiger partial charge is 0.410 e. The third kappa shape index (κ3) is 8.24. The van der Waals surface area contributed by atoms with Gasteiger partial charge in [0.2, 0.25) is 0 Å². The van der Waals surface area contributed by atoms with Gasteiger partial charge in [-0.25, -0.2) is 18.4 Å². The standard InChI is InChI=1S/C15H20FNO3.C15H18FNO3/c2*1-15(2,3)20-14(19)17-5-4-13-10(8-17)6-12(16)7-11(13)9-18/h6-7,18H,4-5,8-9H2,1-3H3;6-7,9H,4-5,8H2,1-3H3. The van der Waals surface area contributed by atoms with Crippen LogP contribution in [-0.2, 0) is 42.0 Å². The first-order valence-corrected chi connectivity index (χ1v) is 13.2. The second-order valence-corrected chi connectivity index (χ2v) is 11.9. The predicted octanol–water partition coefficient (Wildman–Crippen LogP) is 5.54. The van der Waals surface area contributed by atoms with Crippen LogP contribution in [0.5, 0.6) is 0 Å². The summed E-state index contributed by atoms with van der Waals surface area (Å²) >= 11 is 0. The van der Waals surface area contributed by atoms with Gasteiger partial charge in [0.05, 0.1) is 6.61 Å². The van der Waals surface area contributed by atoms with Crippen molar-refractivity contribution in [1.29, 1.82) is 0 Å². The molecule has 0 saturated heterocycles. The maximum absolute atomic E-state index is 13.5. The summed E-state index contributed by atoms with van der Waals surface area (Å²) in [6, 6.07) is 5.38. The fraction of sp³-hybridized carbons (Fsp3) is 0.500. The number of carbonyl (C=O) groups excluding carboxylic acids is 3. The molecule has 0 radical (unpaired) electrons. The van der Waals surface area contributed by atoms with E-state index in [1.807, 2.05) is 20.8 Å². The largest absolute Gasteiger partial charge is 0.444 e. The van der Waals surface area contributed by atoms with Crippen molar-refractivity contribution in [1.82, 2.24) is 9.80 Å². The van der Waals surface area contributed by atoms with Crippen LogP contribution in [0.2, 0.25) is 0 Å². The summed E-state index contributed by atoms with van der Waals surface area (Å²) in [5, 5.41) is 9.27. The van der Waals surface area contributed by atoms with E-state index in [9.17, 15) is 28.3 Å². The monoisotopic (exact) mass is 560 g/mol. The van der Waals surface area contributed by atoms with E-state index >= 15 is 0 Å². The van der Waals surface area contributed by atoms with Gasteiger partial charge in [0.15, 0.2) is 0 Å². The highest BCUT2D eigenvalue weighted by atomic mass is 19.1. The van der Waals surface area contributed by atoms with Crippen molar-refractivity contribution in [2.45, 2.75) is 85.3 Å². The Labute approximate surface area is 233 Å². The highest BCUT2D eigenvalue weighted by molar-refractivity contribution is 5.78. The first-order chi connectivity index (χ1) is 18.6. The Bertz CT molecular complexity index is 1270. The molecule has 0 atom stereocenters. The molecule has 0 saturated carbocycles. The van der Waals surface area contributed by atoms with Crippen molar-refractivity contribution >= 4 is 18.5 Å². The molecule has 2 heterocycles. The Hall–Kier alpha value is -3.53. The van der Waals surface area contributed by atoms with Crippen molar-refractivity contribution in [3.63, 3.8) is 0 Å². The van der Waals surface area contributed by atoms with E-state index < -0.39 is 29.2 Å². The maximum Gasteiger partial charge on any atom is 0.410 e. The number of ether oxygens (including phenoxy) is 2. The third-order valence-corrected chi connectivity index (χ3v) is 6.33. The number of aldehydes is 1. The molecule has 4 rings (SSSR count). The van der Waals surface area contributed by atoms with Crippen LogP contribution >= 0.6 is 0 Å². The highest BCUT2D eigenvalue weighted by Crippen LogP contribution is 2.26. The van der Waals surface area contributed by atoms with Crippen LogP contribution in [0.3, 0.4) is 0 Å². The SMILES string of the molecule is CC(C)(C)OC(=O)N1CCc2c(C=O)cc(F)cc2C1.CC(C)(C)OC(=O)N1CCc2c(CO)cc(F)cc2C1. The van der Waals surface area contributed by atoms with E-state index in [2.05, 4.69) is 0 Å². The van der Waals surface area contributed by atoms with Gasteiger partial charge in [0.25, 0.3) is 0 Å². The zero-order chi connectivity index (χ0) is 29.8. The molecule has 2 aliphatic rings. The van der Waals surface area contributed by atoms with Gasteiger partial charge < -0.3 is 24.4 Å². The van der Waals surface area contributed by atoms with Crippen LogP contribution < -0.4 is 0 Å². The van der Waals surface area contributed by atoms with Gasteiger partial charge in [-0.1, -0.05) is 0 Å². The van der Waals surface area contributed by atoms with Gasteiger partial charge in [0, 0.05) is 31.7 Å². The number of hydrogen-bond acceptors (Lipinski definition) is 6. The molecule has 2 aromatic carbocycles. The molecule has 8 nitrogen and oxygen atoms in total. The minimum absolute atomic E-state index is 0.188. The van der Waals surface area contributed by atoms with Gasteiger partial charge in [-0.3, -0.25) is 4.79 Å². The third-order valence-electron chi connectivity index (χ3n) is 6.33. The molecule has 0 fully saturated rings. The molecule has 0 bridgehead atoms. The summed E-state index contributed by atoms with van der Waals surface area (Å²) in [5.74, 6) is -0.851. The minimum atomic E-state index is -0.562. The second kappa shape index (κ2) is 12.3. The van der Waals surface area contributed by atoms with Crippen molar-refractivity contribution in [2.24, 2.45) is 0 Å². The number of hydrogen-bond donors (Lipinski definition) is 1. The van der Waals surface area contributed by atoms with Gasteiger partial charge in [0.1, 0.15) is 29.1 Å². The van der Waals surface area contributed by atoms with Crippen LogP contribution in [0.15, 0.2) is 24.3 Å². The molecular weight excluding hydrogens is 522 g/mol. The van der Waals surface area contributed by atoms with E-state index in [-0.39, 0.29) is 19.0 Å². The Morgan fingerprint density at radius 3 is 1.73 bits per heavy atom. The number of carbonyl (C=O) groups is 3. The van der Waals surface area contributed by atoms with E-state index in [1.165, 1.54) is 29.2 Å². The topological polar surface area (TPSA) is 96.4 Å². The number of amides is 2. The molecule has 0 aromatic heterocycles. The summed E-state index contributed by atoms with van der Waals surface area (Å²) in [5.41, 5.74) is 3.03. The van der Waals surface area contributed by atoms with Crippen molar-refractivity contribution < 1.29 is 37.7 Å². The fourth-order valence-electron chi connectivity index (χ4n) is 4.65. The summed E-state index contributed by atoms with van der Waals surface area (Å²) in [6.45, 7) is 12.2. The molecule has 1 N–H and O–H groups in total. The van der Waals surface area contributed by atoms with Crippen molar-refractivity contribution in [3.05, 3.63) is 69.3 Å². The number of nitrogens with zero attached hydrogens (tertiary/aromatic N) is 2. The van der Waals surface area contributed by atoms with E-state index in [0.717, 1.165) is 16.7 Å². The lowest BCUT2D eigenvalue weighted by Gasteiger charge is -2.32. The highest BCUT2D eigenvalue weighted by Gasteiger charge is 2.28. The van der Waals surface area contributed by atoms with E-state index in [4.69, 9.17) is 9.47 Å². The van der Waals surface area contributed by atoms with Crippen molar-refractivity contribution in [2.75, 3.05) is 13.1 Å². The average molecular weight is 561 g/mol. The second-order valence-electron chi connectivity index (χ2n) is 11.9. The molecule has 0 unspecified atom stereocenters. The molecule has 0 spiro atoms. The lowest BCUT2D eigenvalue weighted by atomic mass is 9.95. The first kappa shape index (κ1) is 31.0. The molecule has 10 heteroatoms. The Balaban J connectivity index is 0.000000220. The lowest BCUT2D eigenvalue weighted by Crippen LogP contribution is -2.40. The zero-order valence-corrected chi connectivity index (χ0v) is 24.0. The number of rotatable bonds is 2. The predicted molar refractivity (Wildman–Crippen MR) is 145 cm³/mol. The van der Waals surface area contributed by atoms with Crippen LogP contribution in [0, 0.1) is 11.6 Å². The number of benzene rings is 2. The normalized spacial score (nSPS) is 14.8. The maximum atomic E-state index is 13.5. The molecule has 0 aliphatic carbocycles. The number of fused-ring (bicyclic) bond motifs is 2. The Kier molecular flexibility index (Phi) is 9.56. The van der Waals surface area contributed by atoms with Crippen molar-refractivity contribution in [3.8, 4) is 0 Å². The molecule has 40 heavy (non-hydrogen) atoms. The Morgan fingerprint density at radius 1 is 0.825 bits per heavy atom. The average Bonchev–Trinajstić information content (AvgIpc) is 2.85. The van der Waals surface area contributed by atoms with E-state index in [0.29, 0.717) is 55.5 Å².